The van der Waals surface area contributed by atoms with Crippen LogP contribution in [0.15, 0.2) is 53.7 Å². The van der Waals surface area contributed by atoms with E-state index < -0.39 is 0 Å². The zero-order valence-corrected chi connectivity index (χ0v) is 11.5. The lowest BCUT2D eigenvalue weighted by atomic mass is 10.1. The van der Waals surface area contributed by atoms with Crippen LogP contribution in [0.4, 0.5) is 0 Å². The Balaban J connectivity index is 2.08. The van der Waals surface area contributed by atoms with Gasteiger partial charge in [0.05, 0.1) is 17.1 Å². The number of hydrogen-bond acceptors (Lipinski definition) is 3. The fourth-order valence-corrected chi connectivity index (χ4v) is 2.61. The normalized spacial score (nSPS) is 11.3. The zero-order chi connectivity index (χ0) is 14.4. The summed E-state index contributed by atoms with van der Waals surface area (Å²) < 4.78 is 1.67. The summed E-state index contributed by atoms with van der Waals surface area (Å²) in [6, 6.07) is 9.32. The average Bonchev–Trinajstić information content (AvgIpc) is 2.92. The van der Waals surface area contributed by atoms with E-state index in [9.17, 15) is 4.79 Å². The average molecular weight is 297 g/mol. The van der Waals surface area contributed by atoms with Crippen LogP contribution in [-0.2, 0) is 0 Å². The van der Waals surface area contributed by atoms with Crippen LogP contribution < -0.4 is 5.56 Å². The standard InChI is InChI=1S/C15H9ClN4O/c16-10-3-1-2-9(6-10)11-8-19-20-13-4-5-17-15(21)12(13)7-18-14(11)20/h1-8H,(H,17,21). The highest BCUT2D eigenvalue weighted by Crippen LogP contribution is 2.26. The Labute approximate surface area is 123 Å². The van der Waals surface area contributed by atoms with Crippen LogP contribution >= 0.6 is 11.6 Å². The Morgan fingerprint density at radius 1 is 1.19 bits per heavy atom. The minimum absolute atomic E-state index is 0.179. The first-order valence-corrected chi connectivity index (χ1v) is 6.72. The molecule has 1 aromatic carbocycles. The van der Waals surface area contributed by atoms with Crippen molar-refractivity contribution in [2.45, 2.75) is 0 Å². The monoisotopic (exact) mass is 296 g/mol. The number of fused-ring (bicyclic) bond motifs is 3. The Kier molecular flexibility index (Phi) is 2.55. The Morgan fingerprint density at radius 2 is 2.10 bits per heavy atom. The number of aromatic amines is 1. The summed E-state index contributed by atoms with van der Waals surface area (Å²) in [5.41, 5.74) is 3.04. The number of benzene rings is 1. The number of halogens is 1. The first-order chi connectivity index (χ1) is 10.2. The molecule has 6 heteroatoms. The minimum atomic E-state index is -0.179. The highest BCUT2D eigenvalue weighted by Gasteiger charge is 2.11. The molecular formula is C15H9ClN4O. The molecule has 0 saturated carbocycles. The molecule has 21 heavy (non-hydrogen) atoms. The lowest BCUT2D eigenvalue weighted by Gasteiger charge is -2.02. The molecule has 0 aliphatic heterocycles. The molecular weight excluding hydrogens is 288 g/mol. The van der Waals surface area contributed by atoms with Gasteiger partial charge in [-0.1, -0.05) is 23.7 Å². The lowest BCUT2D eigenvalue weighted by Crippen LogP contribution is -2.07. The maximum absolute atomic E-state index is 11.8. The zero-order valence-electron chi connectivity index (χ0n) is 10.7. The molecule has 0 spiro atoms. The molecule has 3 heterocycles. The van der Waals surface area contributed by atoms with Gasteiger partial charge in [0.25, 0.3) is 5.56 Å². The van der Waals surface area contributed by atoms with Crippen molar-refractivity contribution in [1.29, 1.82) is 0 Å². The molecule has 0 amide bonds. The highest BCUT2D eigenvalue weighted by atomic mass is 35.5. The largest absolute Gasteiger partial charge is 0.328 e. The van der Waals surface area contributed by atoms with Gasteiger partial charge >= 0.3 is 0 Å². The molecule has 0 bridgehead atoms. The fourth-order valence-electron chi connectivity index (χ4n) is 2.42. The van der Waals surface area contributed by atoms with E-state index >= 15 is 0 Å². The third-order valence-corrected chi connectivity index (χ3v) is 3.63. The van der Waals surface area contributed by atoms with Crippen LogP contribution in [0, 0.1) is 0 Å². The van der Waals surface area contributed by atoms with Crippen molar-refractivity contribution < 1.29 is 0 Å². The van der Waals surface area contributed by atoms with Crippen molar-refractivity contribution in [2.75, 3.05) is 0 Å². The summed E-state index contributed by atoms with van der Waals surface area (Å²) >= 11 is 6.04. The highest BCUT2D eigenvalue weighted by molar-refractivity contribution is 6.30. The molecule has 0 unspecified atom stereocenters. The third-order valence-electron chi connectivity index (χ3n) is 3.40. The van der Waals surface area contributed by atoms with Crippen LogP contribution in [0.5, 0.6) is 0 Å². The summed E-state index contributed by atoms with van der Waals surface area (Å²) in [5, 5.41) is 5.51. The molecule has 4 aromatic rings. The molecule has 3 aromatic heterocycles. The van der Waals surface area contributed by atoms with E-state index in [4.69, 9.17) is 11.6 Å². The van der Waals surface area contributed by atoms with Gasteiger partial charge in [-0.25, -0.2) is 9.50 Å². The second kappa shape index (κ2) is 4.43. The molecule has 0 saturated heterocycles. The number of pyridine rings is 1. The van der Waals surface area contributed by atoms with Gasteiger partial charge in [0, 0.05) is 23.0 Å². The van der Waals surface area contributed by atoms with E-state index in [1.165, 1.54) is 0 Å². The molecule has 0 aliphatic rings. The molecule has 0 radical (unpaired) electrons. The van der Waals surface area contributed by atoms with Crippen LogP contribution in [0.2, 0.25) is 5.02 Å². The van der Waals surface area contributed by atoms with E-state index in [1.54, 1.807) is 29.2 Å². The van der Waals surface area contributed by atoms with Gasteiger partial charge in [0.1, 0.15) is 0 Å². The van der Waals surface area contributed by atoms with Crippen LogP contribution in [-0.4, -0.2) is 19.6 Å². The number of nitrogens with zero attached hydrogens (tertiary/aromatic N) is 3. The van der Waals surface area contributed by atoms with Crippen molar-refractivity contribution in [1.82, 2.24) is 19.6 Å². The molecule has 0 fully saturated rings. The van der Waals surface area contributed by atoms with Crippen molar-refractivity contribution in [3.8, 4) is 11.1 Å². The fraction of sp³-hybridized carbons (Fsp3) is 0. The van der Waals surface area contributed by atoms with Crippen molar-refractivity contribution in [3.05, 3.63) is 64.3 Å². The SMILES string of the molecule is O=c1[nH]ccc2c1cnc1c(-c3cccc(Cl)c3)cnn12. The maximum Gasteiger partial charge on any atom is 0.258 e. The first kappa shape index (κ1) is 12.1. The van der Waals surface area contributed by atoms with Gasteiger partial charge in [0.15, 0.2) is 5.65 Å². The van der Waals surface area contributed by atoms with E-state index in [0.717, 1.165) is 16.6 Å². The minimum Gasteiger partial charge on any atom is -0.328 e. The molecule has 5 nitrogen and oxygen atoms in total. The summed E-state index contributed by atoms with van der Waals surface area (Å²) in [7, 11) is 0. The van der Waals surface area contributed by atoms with Gasteiger partial charge in [-0.15, -0.1) is 0 Å². The Morgan fingerprint density at radius 3 is 2.95 bits per heavy atom. The summed E-state index contributed by atoms with van der Waals surface area (Å²) in [6.07, 6.45) is 4.90. The molecule has 102 valence electrons. The third kappa shape index (κ3) is 1.82. The number of nitrogens with one attached hydrogen (secondary N) is 1. The maximum atomic E-state index is 11.8. The van der Waals surface area contributed by atoms with E-state index in [0.29, 0.717) is 16.1 Å². The molecule has 1 N–H and O–H groups in total. The van der Waals surface area contributed by atoms with Crippen molar-refractivity contribution >= 4 is 28.2 Å². The predicted molar refractivity (Wildman–Crippen MR) is 81.6 cm³/mol. The Bertz CT molecular complexity index is 1030. The molecule has 0 aliphatic carbocycles. The predicted octanol–water partition coefficient (Wildman–Crippen LogP) is 2.89. The van der Waals surface area contributed by atoms with Gasteiger partial charge in [-0.2, -0.15) is 5.10 Å². The number of rotatable bonds is 1. The van der Waals surface area contributed by atoms with E-state index in [2.05, 4.69) is 15.1 Å². The van der Waals surface area contributed by atoms with Gasteiger partial charge < -0.3 is 4.98 Å². The quantitative estimate of drug-likeness (QED) is 0.587. The van der Waals surface area contributed by atoms with Gasteiger partial charge in [0.2, 0.25) is 0 Å². The second-order valence-electron chi connectivity index (χ2n) is 4.67. The van der Waals surface area contributed by atoms with Crippen LogP contribution in [0.3, 0.4) is 0 Å². The lowest BCUT2D eigenvalue weighted by molar-refractivity contribution is 0.979. The number of hydrogen-bond donors (Lipinski definition) is 1. The number of aromatic nitrogens is 4. The summed E-state index contributed by atoms with van der Waals surface area (Å²) in [5.74, 6) is 0. The topological polar surface area (TPSA) is 63.0 Å². The van der Waals surface area contributed by atoms with Gasteiger partial charge in [-0.05, 0) is 23.8 Å². The van der Waals surface area contributed by atoms with Gasteiger partial charge in [-0.3, -0.25) is 4.79 Å². The first-order valence-electron chi connectivity index (χ1n) is 6.34. The van der Waals surface area contributed by atoms with Crippen molar-refractivity contribution in [3.63, 3.8) is 0 Å². The smallest absolute Gasteiger partial charge is 0.258 e. The van der Waals surface area contributed by atoms with E-state index in [-0.39, 0.29) is 5.56 Å². The second-order valence-corrected chi connectivity index (χ2v) is 5.10. The summed E-state index contributed by atoms with van der Waals surface area (Å²) in [6.45, 7) is 0. The van der Waals surface area contributed by atoms with Crippen molar-refractivity contribution in [2.24, 2.45) is 0 Å². The van der Waals surface area contributed by atoms with Crippen LogP contribution in [0.25, 0.3) is 27.7 Å². The number of H-pyrrole nitrogens is 1. The van der Waals surface area contributed by atoms with E-state index in [1.807, 2.05) is 24.3 Å². The van der Waals surface area contributed by atoms with Crippen LogP contribution in [0.1, 0.15) is 0 Å². The summed E-state index contributed by atoms with van der Waals surface area (Å²) in [4.78, 5) is 18.8. The molecule has 4 rings (SSSR count). The Hall–Kier alpha value is -2.66. The molecule has 0 atom stereocenters.